The van der Waals surface area contributed by atoms with Crippen LogP contribution in [0.25, 0.3) is 0 Å². The molecular formula is C16H34N2O. The van der Waals surface area contributed by atoms with Gasteiger partial charge in [-0.05, 0) is 37.5 Å². The Morgan fingerprint density at radius 1 is 1.42 bits per heavy atom. The summed E-state index contributed by atoms with van der Waals surface area (Å²) >= 11 is 0. The largest absolute Gasteiger partial charge is 0.383 e. The summed E-state index contributed by atoms with van der Waals surface area (Å²) in [7, 11) is 1.78. The summed E-state index contributed by atoms with van der Waals surface area (Å²) in [6, 6.07) is 0.565. The van der Waals surface area contributed by atoms with Gasteiger partial charge < -0.3 is 10.5 Å². The van der Waals surface area contributed by atoms with E-state index in [2.05, 4.69) is 39.5 Å². The fraction of sp³-hybridized carbons (Fsp3) is 1.00. The molecule has 3 nitrogen and oxygen atoms in total. The minimum atomic E-state index is 0.150. The molecule has 1 aliphatic carbocycles. The summed E-state index contributed by atoms with van der Waals surface area (Å²) in [5.41, 5.74) is 6.81. The molecule has 3 unspecified atom stereocenters. The lowest BCUT2D eigenvalue weighted by atomic mass is 9.83. The fourth-order valence-corrected chi connectivity index (χ4v) is 4.16. The minimum Gasteiger partial charge on any atom is -0.383 e. The number of nitrogens with zero attached hydrogens (tertiary/aromatic N) is 1. The highest BCUT2D eigenvalue weighted by molar-refractivity contribution is 5.07. The van der Waals surface area contributed by atoms with Crippen LogP contribution < -0.4 is 5.73 Å². The van der Waals surface area contributed by atoms with E-state index in [0.29, 0.717) is 17.4 Å². The Morgan fingerprint density at radius 3 is 2.42 bits per heavy atom. The molecule has 0 amide bonds. The van der Waals surface area contributed by atoms with Gasteiger partial charge in [0.25, 0.3) is 0 Å². The Hall–Kier alpha value is -0.120. The number of nitrogens with two attached hydrogens (primary N) is 1. The normalized spacial score (nSPS) is 31.9. The Morgan fingerprint density at radius 2 is 2.05 bits per heavy atom. The summed E-state index contributed by atoms with van der Waals surface area (Å²) in [4.78, 5) is 2.63. The van der Waals surface area contributed by atoms with Crippen LogP contribution >= 0.6 is 0 Å². The molecule has 0 spiro atoms. The van der Waals surface area contributed by atoms with Crippen LogP contribution in [0.3, 0.4) is 0 Å². The van der Waals surface area contributed by atoms with Crippen LogP contribution in [-0.4, -0.2) is 43.3 Å². The van der Waals surface area contributed by atoms with Crippen LogP contribution in [0, 0.1) is 11.3 Å². The van der Waals surface area contributed by atoms with Gasteiger partial charge in [-0.1, -0.05) is 27.7 Å². The van der Waals surface area contributed by atoms with Crippen molar-refractivity contribution in [1.82, 2.24) is 4.90 Å². The van der Waals surface area contributed by atoms with Crippen molar-refractivity contribution < 1.29 is 4.74 Å². The molecular weight excluding hydrogens is 236 g/mol. The molecule has 3 heteroatoms. The zero-order valence-electron chi connectivity index (χ0n) is 13.8. The number of methoxy groups -OCH3 is 1. The average molecular weight is 270 g/mol. The van der Waals surface area contributed by atoms with Crippen molar-refractivity contribution in [2.24, 2.45) is 17.1 Å². The van der Waals surface area contributed by atoms with E-state index >= 15 is 0 Å². The maximum Gasteiger partial charge on any atom is 0.0590 e. The van der Waals surface area contributed by atoms with E-state index in [0.717, 1.165) is 19.7 Å². The monoisotopic (exact) mass is 270 g/mol. The van der Waals surface area contributed by atoms with Crippen LogP contribution in [-0.2, 0) is 4.74 Å². The molecule has 1 rings (SSSR count). The lowest BCUT2D eigenvalue weighted by Gasteiger charge is -2.47. The van der Waals surface area contributed by atoms with E-state index in [1.54, 1.807) is 7.11 Å². The molecule has 1 aliphatic rings. The molecule has 0 aromatic heterocycles. The molecule has 114 valence electrons. The second-order valence-electron chi connectivity index (χ2n) is 7.20. The number of hydrogen-bond acceptors (Lipinski definition) is 3. The first kappa shape index (κ1) is 16.9. The van der Waals surface area contributed by atoms with Crippen molar-refractivity contribution in [2.75, 3.05) is 26.8 Å². The molecule has 0 saturated heterocycles. The second kappa shape index (κ2) is 6.55. The minimum absolute atomic E-state index is 0.150. The highest BCUT2D eigenvalue weighted by Gasteiger charge is 2.51. The topological polar surface area (TPSA) is 38.5 Å². The van der Waals surface area contributed by atoms with Crippen molar-refractivity contribution in [3.8, 4) is 0 Å². The highest BCUT2D eigenvalue weighted by atomic mass is 16.5. The van der Waals surface area contributed by atoms with Crippen molar-refractivity contribution in [3.05, 3.63) is 0 Å². The fourth-order valence-electron chi connectivity index (χ4n) is 4.16. The molecule has 0 heterocycles. The van der Waals surface area contributed by atoms with Gasteiger partial charge in [-0.15, -0.1) is 0 Å². The molecule has 0 aromatic carbocycles. The summed E-state index contributed by atoms with van der Waals surface area (Å²) in [6.45, 7) is 14.3. The Kier molecular flexibility index (Phi) is 5.84. The number of rotatable bonds is 7. The quantitative estimate of drug-likeness (QED) is 0.773. The van der Waals surface area contributed by atoms with Crippen molar-refractivity contribution in [2.45, 2.75) is 65.5 Å². The van der Waals surface area contributed by atoms with Gasteiger partial charge in [0.1, 0.15) is 0 Å². The molecule has 0 aliphatic heterocycles. The zero-order valence-corrected chi connectivity index (χ0v) is 13.8. The van der Waals surface area contributed by atoms with Crippen LogP contribution in [0.5, 0.6) is 0 Å². The first-order valence-corrected chi connectivity index (χ1v) is 7.78. The van der Waals surface area contributed by atoms with Gasteiger partial charge >= 0.3 is 0 Å². The van der Waals surface area contributed by atoms with Crippen molar-refractivity contribution in [3.63, 3.8) is 0 Å². The smallest absolute Gasteiger partial charge is 0.0590 e. The highest BCUT2D eigenvalue weighted by Crippen LogP contribution is 2.50. The molecule has 0 radical (unpaired) electrons. The first-order chi connectivity index (χ1) is 8.83. The zero-order chi connectivity index (χ0) is 14.7. The predicted molar refractivity (Wildman–Crippen MR) is 82.3 cm³/mol. The Bertz CT molecular complexity index is 280. The van der Waals surface area contributed by atoms with Gasteiger partial charge in [-0.2, -0.15) is 0 Å². The van der Waals surface area contributed by atoms with Gasteiger partial charge in [-0.3, -0.25) is 4.90 Å². The average Bonchev–Trinajstić information content (AvgIpc) is 2.59. The Labute approximate surface area is 119 Å². The van der Waals surface area contributed by atoms with Gasteiger partial charge in [0.2, 0.25) is 0 Å². The van der Waals surface area contributed by atoms with E-state index in [9.17, 15) is 0 Å². The van der Waals surface area contributed by atoms with Crippen LogP contribution in [0.4, 0.5) is 0 Å². The van der Waals surface area contributed by atoms with Crippen LogP contribution in [0.2, 0.25) is 0 Å². The number of ether oxygens (including phenoxy) is 1. The van der Waals surface area contributed by atoms with E-state index in [1.807, 2.05) is 0 Å². The maximum atomic E-state index is 6.26. The SMILES string of the molecule is CCC(C)N(CCOC)C1(CN)CC(C)(C)CC1C. The molecule has 1 fully saturated rings. The standard InChI is InChI=1S/C16H34N2O/c1-7-14(3)18(8-9-19-6)16(12-17)11-15(4,5)10-13(16)2/h13-14H,7-12,17H2,1-6H3. The van der Waals surface area contributed by atoms with Gasteiger partial charge in [0.05, 0.1) is 6.61 Å². The van der Waals surface area contributed by atoms with Crippen molar-refractivity contribution in [1.29, 1.82) is 0 Å². The lowest BCUT2D eigenvalue weighted by molar-refractivity contribution is 0.00382. The van der Waals surface area contributed by atoms with Gasteiger partial charge in [0.15, 0.2) is 0 Å². The predicted octanol–water partition coefficient (Wildman–Crippen LogP) is 2.89. The lowest BCUT2D eigenvalue weighted by Crippen LogP contribution is -2.59. The second-order valence-corrected chi connectivity index (χ2v) is 7.20. The molecule has 0 bridgehead atoms. The maximum absolute atomic E-state index is 6.26. The third-order valence-electron chi connectivity index (χ3n) is 5.15. The summed E-state index contributed by atoms with van der Waals surface area (Å²) < 4.78 is 5.32. The van der Waals surface area contributed by atoms with Crippen LogP contribution in [0.15, 0.2) is 0 Å². The molecule has 0 aromatic rings. The van der Waals surface area contributed by atoms with E-state index in [1.165, 1.54) is 19.3 Å². The first-order valence-electron chi connectivity index (χ1n) is 7.78. The van der Waals surface area contributed by atoms with E-state index < -0.39 is 0 Å². The third kappa shape index (κ3) is 3.50. The number of hydrogen-bond donors (Lipinski definition) is 1. The van der Waals surface area contributed by atoms with Crippen molar-refractivity contribution >= 4 is 0 Å². The van der Waals surface area contributed by atoms with Gasteiger partial charge in [-0.25, -0.2) is 0 Å². The van der Waals surface area contributed by atoms with Crippen LogP contribution in [0.1, 0.15) is 53.9 Å². The molecule has 2 N–H and O–H groups in total. The molecule has 3 atom stereocenters. The Balaban J connectivity index is 3.01. The third-order valence-corrected chi connectivity index (χ3v) is 5.15. The summed E-state index contributed by atoms with van der Waals surface area (Å²) in [5, 5.41) is 0. The molecule has 1 saturated carbocycles. The van der Waals surface area contributed by atoms with E-state index in [-0.39, 0.29) is 5.54 Å². The molecule has 19 heavy (non-hydrogen) atoms. The van der Waals surface area contributed by atoms with E-state index in [4.69, 9.17) is 10.5 Å². The summed E-state index contributed by atoms with van der Waals surface area (Å²) in [5.74, 6) is 0.651. The van der Waals surface area contributed by atoms with Gasteiger partial charge in [0, 0.05) is 31.8 Å². The summed E-state index contributed by atoms with van der Waals surface area (Å²) in [6.07, 6.45) is 3.63.